The first-order valence-corrected chi connectivity index (χ1v) is 3.82. The predicted octanol–water partition coefficient (Wildman–Crippen LogP) is -0.858. The van der Waals surface area contributed by atoms with E-state index < -0.39 is 12.0 Å². The highest BCUT2D eigenvalue weighted by molar-refractivity contribution is 5.81. The second-order valence-electron chi connectivity index (χ2n) is 2.42. The molecule has 0 saturated carbocycles. The normalized spacial score (nSPS) is 12.2. The fourth-order valence-electron chi connectivity index (χ4n) is 0.761. The van der Waals surface area contributed by atoms with Gasteiger partial charge in [-0.3, -0.25) is 4.79 Å². The Hall–Kier alpha value is -0.940. The third-order valence-electron chi connectivity index (χ3n) is 1.44. The van der Waals surface area contributed by atoms with Crippen molar-refractivity contribution in [3.8, 4) is 0 Å². The van der Waals surface area contributed by atoms with Crippen molar-refractivity contribution < 1.29 is 14.3 Å². The summed E-state index contributed by atoms with van der Waals surface area (Å²) in [6, 6.07) is -0.707. The topological polar surface area (TPSA) is 95.4 Å². The number of unbranched alkanes of at least 4 members (excludes halogenated alkanes) is 1. The minimum absolute atomic E-state index is 0.0884. The Kier molecular flexibility index (Phi) is 6.22. The number of hydrogen-bond acceptors (Lipinski definition) is 5. The van der Waals surface area contributed by atoms with Gasteiger partial charge in [0.2, 0.25) is 0 Å². The van der Waals surface area contributed by atoms with Gasteiger partial charge in [-0.2, -0.15) is 0 Å². The lowest BCUT2D eigenvalue weighted by molar-refractivity contribution is -0.152. The van der Waals surface area contributed by atoms with Crippen molar-refractivity contribution in [1.29, 1.82) is 0 Å². The average Bonchev–Trinajstić information content (AvgIpc) is 2.05. The molecule has 4 N–H and O–H groups in total. The van der Waals surface area contributed by atoms with Crippen LogP contribution in [0.1, 0.15) is 19.3 Å². The van der Waals surface area contributed by atoms with Gasteiger partial charge in [0.15, 0.2) is 0 Å². The molecule has 0 radical (unpaired) electrons. The third-order valence-corrected chi connectivity index (χ3v) is 1.44. The number of esters is 1. The van der Waals surface area contributed by atoms with E-state index in [4.69, 9.17) is 11.5 Å². The number of ether oxygens (including phenoxy) is 1. The van der Waals surface area contributed by atoms with E-state index in [1.54, 1.807) is 0 Å². The van der Waals surface area contributed by atoms with Crippen LogP contribution in [-0.2, 0) is 14.3 Å². The molecular weight excluding hydrogens is 160 g/mol. The van der Waals surface area contributed by atoms with E-state index in [2.05, 4.69) is 4.74 Å². The van der Waals surface area contributed by atoms with Crippen LogP contribution in [0.4, 0.5) is 0 Å². The van der Waals surface area contributed by atoms with Gasteiger partial charge in [-0.05, 0) is 19.4 Å². The number of hydrogen-bond donors (Lipinski definition) is 2. The highest BCUT2D eigenvalue weighted by atomic mass is 16.6. The van der Waals surface area contributed by atoms with Crippen LogP contribution in [0.2, 0.25) is 0 Å². The van der Waals surface area contributed by atoms with E-state index in [1.807, 2.05) is 0 Å². The molecule has 0 fully saturated rings. The maximum atomic E-state index is 10.7. The lowest BCUT2D eigenvalue weighted by Crippen LogP contribution is -2.32. The number of carbonyl (C=O) groups is 2. The molecule has 0 saturated heterocycles. The fraction of sp³-hybridized carbons (Fsp3) is 0.714. The molecule has 0 heterocycles. The number of nitrogens with two attached hydrogens (primary N) is 2. The van der Waals surface area contributed by atoms with Gasteiger partial charge in [0.25, 0.3) is 0 Å². The van der Waals surface area contributed by atoms with Gasteiger partial charge in [0, 0.05) is 0 Å². The van der Waals surface area contributed by atoms with Gasteiger partial charge < -0.3 is 16.2 Å². The maximum absolute atomic E-state index is 10.7. The number of rotatable bonds is 6. The van der Waals surface area contributed by atoms with Crippen LogP contribution >= 0.6 is 0 Å². The monoisotopic (exact) mass is 174 g/mol. The molecule has 0 amide bonds. The molecule has 1 atom stereocenters. The van der Waals surface area contributed by atoms with E-state index in [1.165, 1.54) is 0 Å². The van der Waals surface area contributed by atoms with Crippen molar-refractivity contribution in [3.05, 3.63) is 0 Å². The molecule has 0 unspecified atom stereocenters. The highest BCUT2D eigenvalue weighted by Crippen LogP contribution is 1.98. The quantitative estimate of drug-likeness (QED) is 0.236. The smallest absolute Gasteiger partial charge is 0.330 e. The number of carbonyl (C=O) groups excluding carboxylic acids is 2. The average molecular weight is 174 g/mol. The summed E-state index contributed by atoms with van der Waals surface area (Å²) in [7, 11) is 0. The summed E-state index contributed by atoms with van der Waals surface area (Å²) in [6.07, 6.45) is 2.09. The largest absolute Gasteiger partial charge is 0.394 e. The first-order chi connectivity index (χ1) is 5.72. The minimum atomic E-state index is -0.707. The van der Waals surface area contributed by atoms with E-state index in [0.717, 1.165) is 12.8 Å². The van der Waals surface area contributed by atoms with Crippen molar-refractivity contribution in [1.82, 2.24) is 0 Å². The summed E-state index contributed by atoms with van der Waals surface area (Å²) in [5.74, 6) is -0.679. The van der Waals surface area contributed by atoms with Gasteiger partial charge in [0.1, 0.15) is 6.04 Å². The van der Waals surface area contributed by atoms with Crippen LogP contribution in [0.15, 0.2) is 0 Å². The minimum Gasteiger partial charge on any atom is -0.394 e. The molecule has 0 aliphatic carbocycles. The molecule has 5 heteroatoms. The Morgan fingerprint density at radius 1 is 1.50 bits per heavy atom. The molecular formula is C7H14N2O3. The van der Waals surface area contributed by atoms with E-state index in [9.17, 15) is 9.59 Å². The van der Waals surface area contributed by atoms with Gasteiger partial charge in [0.05, 0.1) is 0 Å². The Morgan fingerprint density at radius 2 is 2.17 bits per heavy atom. The highest BCUT2D eigenvalue weighted by Gasteiger charge is 2.13. The van der Waals surface area contributed by atoms with Gasteiger partial charge in [-0.1, -0.05) is 6.42 Å². The lowest BCUT2D eigenvalue weighted by Gasteiger charge is -2.06. The van der Waals surface area contributed by atoms with Crippen LogP contribution in [0.5, 0.6) is 0 Å². The predicted molar refractivity (Wildman–Crippen MR) is 43.0 cm³/mol. The molecule has 0 bridgehead atoms. The first-order valence-electron chi connectivity index (χ1n) is 3.82. The van der Waals surface area contributed by atoms with Gasteiger partial charge in [-0.25, -0.2) is 4.79 Å². The molecule has 12 heavy (non-hydrogen) atoms. The molecule has 0 aliphatic rings. The Labute approximate surface area is 71.0 Å². The van der Waals surface area contributed by atoms with Crippen molar-refractivity contribution in [2.75, 3.05) is 6.54 Å². The molecule has 70 valence electrons. The van der Waals surface area contributed by atoms with E-state index in [-0.39, 0.29) is 6.47 Å². The zero-order valence-corrected chi connectivity index (χ0v) is 6.86. The second kappa shape index (κ2) is 6.75. The summed E-state index contributed by atoms with van der Waals surface area (Å²) in [5.41, 5.74) is 10.6. The van der Waals surface area contributed by atoms with Gasteiger partial charge >= 0.3 is 12.4 Å². The summed E-state index contributed by atoms with van der Waals surface area (Å²) in [6.45, 7) is 0.667. The standard InChI is InChI=1S/C7H14N2O3/c8-4-2-1-3-6(9)7(11)12-5-10/h5-6H,1-4,8-9H2/t6-/m0/s1. The fourth-order valence-corrected chi connectivity index (χ4v) is 0.761. The molecule has 0 aliphatic heterocycles. The Balaban J connectivity index is 3.49. The Morgan fingerprint density at radius 3 is 2.67 bits per heavy atom. The van der Waals surface area contributed by atoms with E-state index in [0.29, 0.717) is 13.0 Å². The molecule has 0 aromatic heterocycles. The van der Waals surface area contributed by atoms with Crippen molar-refractivity contribution in [3.63, 3.8) is 0 Å². The summed E-state index contributed by atoms with van der Waals surface area (Å²) in [4.78, 5) is 20.5. The summed E-state index contributed by atoms with van der Waals surface area (Å²) >= 11 is 0. The van der Waals surface area contributed by atoms with Crippen LogP contribution in [0, 0.1) is 0 Å². The van der Waals surface area contributed by atoms with Gasteiger partial charge in [-0.15, -0.1) is 0 Å². The lowest BCUT2D eigenvalue weighted by atomic mass is 10.1. The van der Waals surface area contributed by atoms with Crippen LogP contribution in [0.3, 0.4) is 0 Å². The van der Waals surface area contributed by atoms with Crippen molar-refractivity contribution >= 4 is 12.4 Å². The van der Waals surface area contributed by atoms with Crippen LogP contribution in [0.25, 0.3) is 0 Å². The molecule has 0 aromatic rings. The first kappa shape index (κ1) is 11.1. The summed E-state index contributed by atoms with van der Waals surface area (Å²) in [5, 5.41) is 0. The SMILES string of the molecule is NCCCC[C@H](N)C(=O)OC=O. The van der Waals surface area contributed by atoms with E-state index >= 15 is 0 Å². The second-order valence-corrected chi connectivity index (χ2v) is 2.42. The van der Waals surface area contributed by atoms with Crippen LogP contribution < -0.4 is 11.5 Å². The Bertz CT molecular complexity index is 150. The zero-order chi connectivity index (χ0) is 9.40. The third kappa shape index (κ3) is 4.81. The molecule has 0 spiro atoms. The van der Waals surface area contributed by atoms with Crippen LogP contribution in [-0.4, -0.2) is 25.0 Å². The zero-order valence-electron chi connectivity index (χ0n) is 6.86. The summed E-state index contributed by atoms with van der Waals surface area (Å²) < 4.78 is 4.06. The molecule has 0 rings (SSSR count). The maximum Gasteiger partial charge on any atom is 0.330 e. The molecule has 5 nitrogen and oxygen atoms in total. The molecule has 0 aromatic carbocycles. The van der Waals surface area contributed by atoms with Crippen molar-refractivity contribution in [2.24, 2.45) is 11.5 Å². The van der Waals surface area contributed by atoms with Crippen molar-refractivity contribution in [2.45, 2.75) is 25.3 Å².